The number of halogens is 1. The summed E-state index contributed by atoms with van der Waals surface area (Å²) in [7, 11) is 0. The largest absolute Gasteiger partial charge is 0.352 e. The van der Waals surface area contributed by atoms with Crippen LogP contribution in [0.25, 0.3) is 5.69 Å². The van der Waals surface area contributed by atoms with Crippen molar-refractivity contribution < 1.29 is 4.79 Å². The third-order valence-electron chi connectivity index (χ3n) is 4.50. The van der Waals surface area contributed by atoms with Crippen LogP contribution in [-0.2, 0) is 0 Å². The van der Waals surface area contributed by atoms with Gasteiger partial charge in [-0.15, -0.1) is 0 Å². The van der Waals surface area contributed by atoms with Crippen LogP contribution in [0, 0.1) is 0 Å². The van der Waals surface area contributed by atoms with Gasteiger partial charge in [-0.25, -0.2) is 9.36 Å². The summed E-state index contributed by atoms with van der Waals surface area (Å²) >= 11 is 5.94. The van der Waals surface area contributed by atoms with Crippen molar-refractivity contribution in [3.05, 3.63) is 91.7 Å². The Morgan fingerprint density at radius 1 is 1.10 bits per heavy atom. The summed E-state index contributed by atoms with van der Waals surface area (Å²) in [4.78, 5) is 38.8. The van der Waals surface area contributed by atoms with E-state index in [2.05, 4.69) is 10.4 Å². The Hall–Kier alpha value is -3.19. The minimum atomic E-state index is -0.731. The molecule has 3 aromatic rings. The molecule has 0 saturated heterocycles. The molecule has 1 heterocycles. The van der Waals surface area contributed by atoms with Crippen LogP contribution in [0.5, 0.6) is 0 Å². The molecule has 3 rings (SSSR count). The highest BCUT2D eigenvalue weighted by Gasteiger charge is 2.23. The molecule has 0 saturated carbocycles. The molecule has 1 atom stereocenters. The average molecular weight is 413 g/mol. The number of hydrogen-bond acceptors (Lipinski definition) is 4. The fraction of sp³-hybridized carbons (Fsp3) is 0.238. The lowest BCUT2D eigenvalue weighted by Gasteiger charge is -2.17. The maximum Gasteiger partial charge on any atom is 0.352 e. The number of carbonyl (C=O) groups excluding carboxylic acids is 1. The predicted octanol–water partition coefficient (Wildman–Crippen LogP) is 2.80. The smallest absolute Gasteiger partial charge is 0.350 e. The highest BCUT2D eigenvalue weighted by Crippen LogP contribution is 2.15. The first kappa shape index (κ1) is 20.5. The molecule has 150 valence electrons. The van der Waals surface area contributed by atoms with Gasteiger partial charge in [-0.05, 0) is 43.2 Å². The van der Waals surface area contributed by atoms with Crippen molar-refractivity contribution in [1.82, 2.24) is 19.7 Å². The average Bonchev–Trinajstić information content (AvgIpc) is 2.73. The topological polar surface area (TPSA) is 86.0 Å². The predicted molar refractivity (Wildman–Crippen MR) is 112 cm³/mol. The monoisotopic (exact) mass is 412 g/mol. The second-order valence-electron chi connectivity index (χ2n) is 6.54. The summed E-state index contributed by atoms with van der Waals surface area (Å²) in [5, 5.41) is 7.22. The molecule has 0 spiro atoms. The van der Waals surface area contributed by atoms with Crippen molar-refractivity contribution in [2.24, 2.45) is 0 Å². The van der Waals surface area contributed by atoms with Gasteiger partial charge >= 0.3 is 5.69 Å². The number of hydrogen-bond donors (Lipinski definition) is 1. The second-order valence-corrected chi connectivity index (χ2v) is 6.97. The maximum atomic E-state index is 13.2. The Balaban J connectivity index is 2.24. The number of nitrogens with zero attached hydrogens (tertiary/aromatic N) is 3. The molecule has 2 aromatic carbocycles. The van der Waals surface area contributed by atoms with Crippen molar-refractivity contribution >= 4 is 17.5 Å². The molecule has 29 heavy (non-hydrogen) atoms. The lowest BCUT2D eigenvalue weighted by atomic mass is 10.1. The molecular weight excluding hydrogens is 392 g/mol. The summed E-state index contributed by atoms with van der Waals surface area (Å²) in [5.41, 5.74) is -0.542. The zero-order valence-corrected chi connectivity index (χ0v) is 16.9. The van der Waals surface area contributed by atoms with Gasteiger partial charge in [0.05, 0.1) is 11.7 Å². The molecule has 1 aromatic heterocycles. The van der Waals surface area contributed by atoms with Crippen LogP contribution in [0.3, 0.4) is 0 Å². The number of rotatable bonds is 6. The lowest BCUT2D eigenvalue weighted by Crippen LogP contribution is -2.47. The van der Waals surface area contributed by atoms with Gasteiger partial charge in [0.25, 0.3) is 11.5 Å². The fourth-order valence-electron chi connectivity index (χ4n) is 2.93. The summed E-state index contributed by atoms with van der Waals surface area (Å²) in [6.07, 6.45) is 0.706. The zero-order valence-electron chi connectivity index (χ0n) is 16.1. The van der Waals surface area contributed by atoms with Crippen molar-refractivity contribution in [1.29, 1.82) is 0 Å². The molecule has 0 unspecified atom stereocenters. The second kappa shape index (κ2) is 8.87. The van der Waals surface area contributed by atoms with E-state index in [1.807, 2.05) is 37.3 Å². The summed E-state index contributed by atoms with van der Waals surface area (Å²) in [6, 6.07) is 15.0. The SMILES string of the molecule is CCCNC(=O)c1nn(-c2ccc(Cl)cc2)c(=O)n([C@@H](C)c2ccccc2)c1=O. The van der Waals surface area contributed by atoms with E-state index >= 15 is 0 Å². The third-order valence-corrected chi connectivity index (χ3v) is 4.75. The van der Waals surface area contributed by atoms with Gasteiger partial charge in [0.1, 0.15) is 0 Å². The van der Waals surface area contributed by atoms with E-state index < -0.39 is 23.2 Å². The Bertz CT molecular complexity index is 1120. The minimum Gasteiger partial charge on any atom is -0.350 e. The molecule has 1 amide bonds. The van der Waals surface area contributed by atoms with E-state index in [0.717, 1.165) is 14.8 Å². The Labute approximate surface area is 172 Å². The van der Waals surface area contributed by atoms with Gasteiger partial charge in [-0.1, -0.05) is 48.9 Å². The molecule has 7 nitrogen and oxygen atoms in total. The summed E-state index contributed by atoms with van der Waals surface area (Å²) in [6.45, 7) is 4.03. The van der Waals surface area contributed by atoms with Crippen molar-refractivity contribution in [3.63, 3.8) is 0 Å². The molecule has 0 bridgehead atoms. The van der Waals surface area contributed by atoms with Gasteiger partial charge in [-0.3, -0.25) is 9.59 Å². The van der Waals surface area contributed by atoms with Crippen LogP contribution in [0.1, 0.15) is 42.4 Å². The molecule has 0 aliphatic heterocycles. The number of benzene rings is 2. The zero-order chi connectivity index (χ0) is 21.0. The molecule has 8 heteroatoms. The quantitative estimate of drug-likeness (QED) is 0.674. The third kappa shape index (κ3) is 4.30. The van der Waals surface area contributed by atoms with E-state index in [-0.39, 0.29) is 5.69 Å². The molecule has 0 aliphatic carbocycles. The normalized spacial score (nSPS) is 11.8. The minimum absolute atomic E-state index is 0.337. The van der Waals surface area contributed by atoms with Gasteiger partial charge in [0, 0.05) is 11.6 Å². The lowest BCUT2D eigenvalue weighted by molar-refractivity contribution is 0.0943. The summed E-state index contributed by atoms with van der Waals surface area (Å²) in [5.74, 6) is -0.617. The van der Waals surface area contributed by atoms with E-state index in [0.29, 0.717) is 23.7 Å². The standard InChI is InChI=1S/C21H21ClN4O3/c1-3-13-23-19(27)18-20(28)25(14(2)15-7-5-4-6-8-15)21(29)26(24-18)17-11-9-16(22)10-12-17/h4-12,14H,3,13H2,1-2H3,(H,23,27)/t14-/m0/s1. The van der Waals surface area contributed by atoms with Crippen LogP contribution >= 0.6 is 11.6 Å². The first-order chi connectivity index (χ1) is 13.9. The first-order valence-corrected chi connectivity index (χ1v) is 9.66. The van der Waals surface area contributed by atoms with Crippen molar-refractivity contribution in [2.45, 2.75) is 26.3 Å². The maximum absolute atomic E-state index is 13.2. The van der Waals surface area contributed by atoms with Crippen LogP contribution in [-0.4, -0.2) is 26.8 Å². The first-order valence-electron chi connectivity index (χ1n) is 9.29. The Kier molecular flexibility index (Phi) is 6.29. The molecule has 0 fully saturated rings. The van der Waals surface area contributed by atoms with E-state index in [9.17, 15) is 14.4 Å². The molecule has 0 radical (unpaired) electrons. The van der Waals surface area contributed by atoms with Crippen molar-refractivity contribution in [3.8, 4) is 5.69 Å². The molecule has 0 aliphatic rings. The number of carbonyl (C=O) groups is 1. The van der Waals surface area contributed by atoms with Gasteiger partial charge < -0.3 is 5.32 Å². The van der Waals surface area contributed by atoms with E-state index in [4.69, 9.17) is 11.6 Å². The Morgan fingerprint density at radius 3 is 2.38 bits per heavy atom. The Morgan fingerprint density at radius 2 is 1.76 bits per heavy atom. The van der Waals surface area contributed by atoms with Gasteiger partial charge in [-0.2, -0.15) is 9.78 Å². The van der Waals surface area contributed by atoms with Gasteiger partial charge in [0.15, 0.2) is 0 Å². The van der Waals surface area contributed by atoms with Crippen molar-refractivity contribution in [2.75, 3.05) is 6.54 Å². The van der Waals surface area contributed by atoms with E-state index in [1.54, 1.807) is 31.2 Å². The van der Waals surface area contributed by atoms with Crippen LogP contribution in [0.4, 0.5) is 0 Å². The van der Waals surface area contributed by atoms with Crippen LogP contribution in [0.15, 0.2) is 64.2 Å². The fourth-order valence-corrected chi connectivity index (χ4v) is 3.05. The van der Waals surface area contributed by atoms with E-state index in [1.165, 1.54) is 0 Å². The number of aromatic nitrogens is 3. The molecular formula is C21H21ClN4O3. The van der Waals surface area contributed by atoms with Crippen LogP contribution in [0.2, 0.25) is 5.02 Å². The number of amides is 1. The van der Waals surface area contributed by atoms with Gasteiger partial charge in [0.2, 0.25) is 5.69 Å². The van der Waals surface area contributed by atoms with Crippen LogP contribution < -0.4 is 16.6 Å². The summed E-state index contributed by atoms with van der Waals surface area (Å²) < 4.78 is 2.11. The highest BCUT2D eigenvalue weighted by molar-refractivity contribution is 6.30. The highest BCUT2D eigenvalue weighted by atomic mass is 35.5. The number of nitrogens with one attached hydrogen (secondary N) is 1. The molecule has 1 N–H and O–H groups in total.